The average Bonchev–Trinajstić information content (AvgIpc) is 3.57. The van der Waals surface area contributed by atoms with Crippen molar-refractivity contribution in [2.75, 3.05) is 13.2 Å². The van der Waals surface area contributed by atoms with Gasteiger partial charge in [0.25, 0.3) is 0 Å². The van der Waals surface area contributed by atoms with Crippen molar-refractivity contribution in [3.63, 3.8) is 0 Å². The smallest absolute Gasteiger partial charge is 0.338 e. The molecule has 0 N–H and O–H groups in total. The number of epoxide rings is 2. The molecule has 1 aromatic carbocycles. The normalized spacial score (nSPS) is 20.3. The van der Waals surface area contributed by atoms with Crippen molar-refractivity contribution in [1.82, 2.24) is 9.97 Å². The molecule has 2 atom stereocenters. The molecule has 0 aliphatic carbocycles. The van der Waals surface area contributed by atoms with Crippen molar-refractivity contribution in [1.29, 1.82) is 0 Å². The van der Waals surface area contributed by atoms with E-state index < -0.39 is 12.2 Å². The van der Waals surface area contributed by atoms with Crippen molar-refractivity contribution in [3.8, 4) is 11.4 Å². The van der Waals surface area contributed by atoms with Crippen LogP contribution in [0.1, 0.15) is 11.1 Å². The molecule has 0 amide bonds. The Labute approximate surface area is 149 Å². The third-order valence-electron chi connectivity index (χ3n) is 3.87. The summed E-state index contributed by atoms with van der Waals surface area (Å²) in [4.78, 5) is 31.4. The largest absolute Gasteiger partial charge is 0.459 e. The number of carbonyl (C=O) groups is 2. The molecule has 0 radical (unpaired) electrons. The fourth-order valence-corrected chi connectivity index (χ4v) is 2.19. The third kappa shape index (κ3) is 4.22. The minimum Gasteiger partial charge on any atom is -0.459 e. The molecule has 3 heterocycles. The van der Waals surface area contributed by atoms with Crippen molar-refractivity contribution >= 4 is 11.9 Å². The van der Waals surface area contributed by atoms with Gasteiger partial charge in [-0.3, -0.25) is 0 Å². The quantitative estimate of drug-likeness (QED) is 0.535. The number of benzene rings is 1. The Balaban J connectivity index is 1.31. The highest BCUT2D eigenvalue weighted by Crippen LogP contribution is 2.18. The number of esters is 2. The van der Waals surface area contributed by atoms with Crippen LogP contribution in [0.4, 0.5) is 0 Å². The third-order valence-corrected chi connectivity index (χ3v) is 3.87. The molecule has 2 saturated heterocycles. The predicted molar refractivity (Wildman–Crippen MR) is 86.5 cm³/mol. The van der Waals surface area contributed by atoms with Gasteiger partial charge in [-0.05, 0) is 5.56 Å². The van der Waals surface area contributed by atoms with Gasteiger partial charge in [-0.1, -0.05) is 24.3 Å². The van der Waals surface area contributed by atoms with Gasteiger partial charge in [-0.25, -0.2) is 19.6 Å². The maximum Gasteiger partial charge on any atom is 0.338 e. The van der Waals surface area contributed by atoms with Gasteiger partial charge in [0, 0.05) is 23.5 Å². The Morgan fingerprint density at radius 2 is 1.38 bits per heavy atom. The van der Waals surface area contributed by atoms with Crippen LogP contribution in [0.2, 0.25) is 0 Å². The van der Waals surface area contributed by atoms with Crippen LogP contribution in [0.15, 0.2) is 36.7 Å². The van der Waals surface area contributed by atoms with E-state index in [1.54, 1.807) is 12.4 Å². The van der Waals surface area contributed by atoms with Crippen LogP contribution in [-0.4, -0.2) is 47.3 Å². The zero-order valence-corrected chi connectivity index (χ0v) is 13.8. The number of carbonyl (C=O) groups excluding carboxylic acids is 2. The Kier molecular flexibility index (Phi) is 4.59. The molecule has 1 aromatic heterocycles. The van der Waals surface area contributed by atoms with Crippen molar-refractivity contribution in [2.24, 2.45) is 0 Å². The van der Waals surface area contributed by atoms with E-state index in [9.17, 15) is 9.59 Å². The summed E-state index contributed by atoms with van der Waals surface area (Å²) < 4.78 is 19.9. The highest BCUT2D eigenvalue weighted by atomic mass is 16.6. The summed E-state index contributed by atoms with van der Waals surface area (Å²) in [5.41, 5.74) is 2.41. The second-order valence-corrected chi connectivity index (χ2v) is 5.97. The summed E-state index contributed by atoms with van der Waals surface area (Å²) in [6.45, 7) is 1.19. The topological polar surface area (TPSA) is 103 Å². The van der Waals surface area contributed by atoms with Gasteiger partial charge in [-0.2, -0.15) is 0 Å². The van der Waals surface area contributed by atoms with E-state index >= 15 is 0 Å². The second-order valence-electron chi connectivity index (χ2n) is 5.97. The monoisotopic (exact) mass is 356 g/mol. The molecule has 2 aromatic rings. The Bertz CT molecular complexity index is 728. The molecular weight excluding hydrogens is 340 g/mol. The molecule has 0 saturated carbocycles. The van der Waals surface area contributed by atoms with E-state index in [1.807, 2.05) is 24.3 Å². The number of hydrogen-bond donors (Lipinski definition) is 0. The maximum absolute atomic E-state index is 11.4. The number of ether oxygens (including phenoxy) is 4. The van der Waals surface area contributed by atoms with E-state index in [-0.39, 0.29) is 25.2 Å². The van der Waals surface area contributed by atoms with Gasteiger partial charge in [0.2, 0.25) is 0 Å². The minimum atomic E-state index is -0.412. The van der Waals surface area contributed by atoms with Crippen LogP contribution in [0, 0.1) is 0 Å². The molecule has 0 bridgehead atoms. The van der Waals surface area contributed by atoms with E-state index in [0.717, 1.165) is 11.1 Å². The van der Waals surface area contributed by atoms with Crippen LogP contribution < -0.4 is 0 Å². The molecular formula is C18H16N2O6. The first-order valence-corrected chi connectivity index (χ1v) is 8.16. The van der Waals surface area contributed by atoms with Crippen LogP contribution >= 0.6 is 0 Å². The van der Waals surface area contributed by atoms with Crippen LogP contribution in [0.3, 0.4) is 0 Å². The number of hydrogen-bond acceptors (Lipinski definition) is 8. The molecule has 134 valence electrons. The number of aromatic nitrogens is 2. The van der Waals surface area contributed by atoms with Crippen molar-refractivity contribution in [3.05, 3.63) is 47.8 Å². The molecule has 8 nitrogen and oxygen atoms in total. The van der Waals surface area contributed by atoms with E-state index in [2.05, 4.69) is 9.97 Å². The first-order chi connectivity index (χ1) is 12.7. The first-order valence-electron chi connectivity index (χ1n) is 8.16. The lowest BCUT2D eigenvalue weighted by atomic mass is 10.1. The maximum atomic E-state index is 11.4. The van der Waals surface area contributed by atoms with Gasteiger partial charge < -0.3 is 18.9 Å². The average molecular weight is 356 g/mol. The Morgan fingerprint density at radius 3 is 1.88 bits per heavy atom. The van der Waals surface area contributed by atoms with Crippen LogP contribution in [0.25, 0.3) is 11.4 Å². The van der Waals surface area contributed by atoms with Crippen molar-refractivity contribution < 1.29 is 28.5 Å². The van der Waals surface area contributed by atoms with Crippen molar-refractivity contribution in [2.45, 2.75) is 25.4 Å². The van der Waals surface area contributed by atoms with Gasteiger partial charge in [0.15, 0.2) is 18.0 Å². The summed E-state index contributed by atoms with van der Waals surface area (Å²) >= 11 is 0. The predicted octanol–water partition coefficient (Wildman–Crippen LogP) is 1.03. The molecule has 26 heavy (non-hydrogen) atoms. The molecule has 4 rings (SSSR count). The fraction of sp³-hybridized carbons (Fsp3) is 0.333. The fourth-order valence-electron chi connectivity index (χ4n) is 2.19. The SMILES string of the molecule is O=C(OCc1ccc(-c2ncc(COC(=O)C3CO3)cn2)cc1)C1CO1. The van der Waals surface area contributed by atoms with Gasteiger partial charge in [-0.15, -0.1) is 0 Å². The lowest BCUT2D eigenvalue weighted by Crippen LogP contribution is -2.11. The summed E-state index contributed by atoms with van der Waals surface area (Å²) in [5, 5.41) is 0. The van der Waals surface area contributed by atoms with Gasteiger partial charge in [0.1, 0.15) is 13.2 Å². The molecule has 8 heteroatoms. The zero-order chi connectivity index (χ0) is 17.9. The van der Waals surface area contributed by atoms with E-state index in [4.69, 9.17) is 18.9 Å². The minimum absolute atomic E-state index is 0.119. The summed E-state index contributed by atoms with van der Waals surface area (Å²) in [7, 11) is 0. The lowest BCUT2D eigenvalue weighted by Gasteiger charge is -2.06. The van der Waals surface area contributed by atoms with Crippen LogP contribution in [0.5, 0.6) is 0 Å². The van der Waals surface area contributed by atoms with Gasteiger partial charge in [0.05, 0.1) is 13.2 Å². The molecule has 2 unspecified atom stereocenters. The Hall–Kier alpha value is -2.84. The van der Waals surface area contributed by atoms with Gasteiger partial charge >= 0.3 is 11.9 Å². The number of rotatable bonds is 7. The van der Waals surface area contributed by atoms with E-state index in [0.29, 0.717) is 24.6 Å². The molecule has 2 fully saturated rings. The molecule has 0 spiro atoms. The lowest BCUT2D eigenvalue weighted by molar-refractivity contribution is -0.147. The molecule has 2 aliphatic heterocycles. The highest BCUT2D eigenvalue weighted by molar-refractivity contribution is 5.77. The standard InChI is InChI=1S/C18H16N2O6/c21-17(14-9-23-14)25-7-11-1-3-13(4-2-11)16-19-5-12(6-20-16)8-26-18(22)15-10-24-15/h1-6,14-15H,7-10H2. The summed E-state index contributed by atoms with van der Waals surface area (Å²) in [6.07, 6.45) is 2.44. The van der Waals surface area contributed by atoms with Crippen LogP contribution in [-0.2, 0) is 41.8 Å². The molecule has 2 aliphatic rings. The summed E-state index contributed by atoms with van der Waals surface area (Å²) in [6, 6.07) is 7.42. The number of nitrogens with zero attached hydrogens (tertiary/aromatic N) is 2. The Morgan fingerprint density at radius 1 is 0.885 bits per heavy atom. The summed E-state index contributed by atoms with van der Waals surface area (Å²) in [5.74, 6) is -0.138. The highest BCUT2D eigenvalue weighted by Gasteiger charge is 2.33. The zero-order valence-electron chi connectivity index (χ0n) is 13.8. The first kappa shape index (κ1) is 16.6. The second kappa shape index (κ2) is 7.19. The van der Waals surface area contributed by atoms with E-state index in [1.165, 1.54) is 0 Å².